The zero-order valence-electron chi connectivity index (χ0n) is 15.2. The summed E-state index contributed by atoms with van der Waals surface area (Å²) in [6.07, 6.45) is 4.21. The van der Waals surface area contributed by atoms with Crippen molar-refractivity contribution in [2.24, 2.45) is 0 Å². The highest BCUT2D eigenvalue weighted by atomic mass is 16.1. The lowest BCUT2D eigenvalue weighted by Gasteiger charge is -2.20. The van der Waals surface area contributed by atoms with Gasteiger partial charge in [0.1, 0.15) is 0 Å². The van der Waals surface area contributed by atoms with Crippen LogP contribution in [0.5, 0.6) is 0 Å². The molecule has 5 nitrogen and oxygen atoms in total. The molecular weight excluding hydrogens is 312 g/mol. The van der Waals surface area contributed by atoms with Crippen LogP contribution >= 0.6 is 0 Å². The Bertz CT molecular complexity index is 913. The van der Waals surface area contributed by atoms with Gasteiger partial charge in [-0.05, 0) is 44.4 Å². The van der Waals surface area contributed by atoms with Crippen molar-refractivity contribution in [3.63, 3.8) is 0 Å². The number of aromatic nitrogens is 3. The molecule has 0 fully saturated rings. The topological polar surface area (TPSA) is 59.8 Å². The molecule has 0 aliphatic heterocycles. The zero-order valence-corrected chi connectivity index (χ0v) is 15.2. The predicted molar refractivity (Wildman–Crippen MR) is 99.6 cm³/mol. The van der Waals surface area contributed by atoms with Gasteiger partial charge in [0.05, 0.1) is 17.8 Å². The van der Waals surface area contributed by atoms with Crippen LogP contribution in [0.4, 0.5) is 0 Å². The fraction of sp³-hybridized carbons (Fsp3) is 0.350. The van der Waals surface area contributed by atoms with Crippen LogP contribution in [-0.2, 0) is 6.54 Å². The monoisotopic (exact) mass is 336 g/mol. The lowest BCUT2D eigenvalue weighted by Crippen LogP contribution is -2.28. The Balaban J connectivity index is 1.84. The van der Waals surface area contributed by atoms with E-state index in [1.54, 1.807) is 12.4 Å². The summed E-state index contributed by atoms with van der Waals surface area (Å²) >= 11 is 0. The summed E-state index contributed by atoms with van der Waals surface area (Å²) in [4.78, 5) is 17.1. The standard InChI is InChI=1S/C20H24N4O/c1-5-18(17-8-7-13(3)9-14(17)4)23-20(25)16-10-15-12-22-24(6-2)19(15)21-11-16/h7-12,18H,5-6H2,1-4H3,(H,23,25). The highest BCUT2D eigenvalue weighted by Crippen LogP contribution is 2.22. The van der Waals surface area contributed by atoms with Crippen molar-refractivity contribution in [3.05, 3.63) is 58.9 Å². The first-order valence-corrected chi connectivity index (χ1v) is 8.73. The van der Waals surface area contributed by atoms with E-state index in [9.17, 15) is 4.79 Å². The normalized spacial score (nSPS) is 12.3. The van der Waals surface area contributed by atoms with E-state index in [-0.39, 0.29) is 11.9 Å². The van der Waals surface area contributed by atoms with Crippen LogP contribution in [0.1, 0.15) is 53.4 Å². The van der Waals surface area contributed by atoms with Gasteiger partial charge in [-0.1, -0.05) is 30.7 Å². The van der Waals surface area contributed by atoms with E-state index in [1.807, 2.05) is 17.7 Å². The molecule has 1 amide bonds. The molecule has 3 aromatic rings. The number of rotatable bonds is 5. The summed E-state index contributed by atoms with van der Waals surface area (Å²) in [5.41, 5.74) is 4.95. The molecule has 0 saturated heterocycles. The predicted octanol–water partition coefficient (Wildman–Crippen LogP) is 3.95. The van der Waals surface area contributed by atoms with Crippen LogP contribution in [-0.4, -0.2) is 20.7 Å². The molecule has 1 atom stereocenters. The number of fused-ring (bicyclic) bond motifs is 1. The van der Waals surface area contributed by atoms with Gasteiger partial charge in [-0.15, -0.1) is 0 Å². The van der Waals surface area contributed by atoms with E-state index in [2.05, 4.69) is 54.4 Å². The minimum absolute atomic E-state index is 0.0119. The molecule has 2 heterocycles. The van der Waals surface area contributed by atoms with Crippen molar-refractivity contribution in [2.75, 3.05) is 0 Å². The summed E-state index contributed by atoms with van der Waals surface area (Å²) in [7, 11) is 0. The number of hydrogen-bond donors (Lipinski definition) is 1. The number of carbonyl (C=O) groups excluding carboxylic acids is 1. The third kappa shape index (κ3) is 3.40. The molecule has 0 spiro atoms. The van der Waals surface area contributed by atoms with Crippen molar-refractivity contribution in [3.8, 4) is 0 Å². The summed E-state index contributed by atoms with van der Waals surface area (Å²) in [5.74, 6) is -0.106. The lowest BCUT2D eigenvalue weighted by molar-refractivity contribution is 0.0935. The molecule has 1 aromatic carbocycles. The molecule has 5 heteroatoms. The smallest absolute Gasteiger partial charge is 0.253 e. The number of amides is 1. The molecule has 25 heavy (non-hydrogen) atoms. The van der Waals surface area contributed by atoms with Crippen LogP contribution < -0.4 is 5.32 Å². The first-order chi connectivity index (χ1) is 12.0. The maximum absolute atomic E-state index is 12.7. The molecule has 0 radical (unpaired) electrons. The minimum Gasteiger partial charge on any atom is -0.345 e. The van der Waals surface area contributed by atoms with Crippen LogP contribution in [0.2, 0.25) is 0 Å². The molecule has 0 aliphatic carbocycles. The Hall–Kier alpha value is -2.69. The number of benzene rings is 1. The van der Waals surface area contributed by atoms with E-state index in [0.717, 1.165) is 29.6 Å². The molecule has 0 aliphatic rings. The molecule has 1 unspecified atom stereocenters. The van der Waals surface area contributed by atoms with Crippen molar-refractivity contribution in [2.45, 2.75) is 46.7 Å². The maximum atomic E-state index is 12.7. The number of nitrogens with one attached hydrogen (secondary N) is 1. The number of pyridine rings is 1. The fourth-order valence-electron chi connectivity index (χ4n) is 3.19. The maximum Gasteiger partial charge on any atom is 0.253 e. The van der Waals surface area contributed by atoms with Crippen LogP contribution in [0, 0.1) is 13.8 Å². The molecule has 0 saturated carbocycles. The van der Waals surface area contributed by atoms with E-state index in [4.69, 9.17) is 0 Å². The minimum atomic E-state index is -0.106. The Kier molecular flexibility index (Phi) is 4.83. The van der Waals surface area contributed by atoms with Gasteiger partial charge >= 0.3 is 0 Å². The Labute approximate surface area is 148 Å². The van der Waals surface area contributed by atoms with E-state index in [1.165, 1.54) is 11.1 Å². The summed E-state index contributed by atoms with van der Waals surface area (Å²) < 4.78 is 1.82. The molecular formula is C20H24N4O. The third-order valence-electron chi connectivity index (χ3n) is 4.55. The second-order valence-electron chi connectivity index (χ2n) is 6.39. The van der Waals surface area contributed by atoms with Gasteiger partial charge in [0.25, 0.3) is 5.91 Å². The van der Waals surface area contributed by atoms with Crippen molar-refractivity contribution < 1.29 is 4.79 Å². The largest absolute Gasteiger partial charge is 0.345 e. The second kappa shape index (κ2) is 7.05. The van der Waals surface area contributed by atoms with Crippen molar-refractivity contribution >= 4 is 16.9 Å². The number of hydrogen-bond acceptors (Lipinski definition) is 3. The van der Waals surface area contributed by atoms with Gasteiger partial charge in [0, 0.05) is 18.1 Å². The molecule has 1 N–H and O–H groups in total. The lowest BCUT2D eigenvalue weighted by atomic mass is 9.97. The molecule has 130 valence electrons. The van der Waals surface area contributed by atoms with Gasteiger partial charge in [0.15, 0.2) is 5.65 Å². The third-order valence-corrected chi connectivity index (χ3v) is 4.55. The summed E-state index contributed by atoms with van der Waals surface area (Å²) in [5, 5.41) is 8.30. The SMILES string of the molecule is CCC(NC(=O)c1cnc2c(cnn2CC)c1)c1ccc(C)cc1C. The van der Waals surface area contributed by atoms with Crippen molar-refractivity contribution in [1.29, 1.82) is 0 Å². The second-order valence-corrected chi connectivity index (χ2v) is 6.39. The average Bonchev–Trinajstić information content (AvgIpc) is 3.02. The van der Waals surface area contributed by atoms with Crippen LogP contribution in [0.25, 0.3) is 11.0 Å². The van der Waals surface area contributed by atoms with Crippen LogP contribution in [0.15, 0.2) is 36.7 Å². The summed E-state index contributed by atoms with van der Waals surface area (Å²) in [6.45, 7) is 9.02. The van der Waals surface area contributed by atoms with Gasteiger partial charge in [-0.2, -0.15) is 5.10 Å². The molecule has 3 rings (SSSR count). The number of nitrogens with zero attached hydrogens (tertiary/aromatic N) is 3. The first-order valence-electron chi connectivity index (χ1n) is 8.73. The van der Waals surface area contributed by atoms with E-state index < -0.39 is 0 Å². The fourth-order valence-corrected chi connectivity index (χ4v) is 3.19. The highest BCUT2D eigenvalue weighted by Gasteiger charge is 2.17. The molecule has 2 aromatic heterocycles. The van der Waals surface area contributed by atoms with Crippen molar-refractivity contribution in [1.82, 2.24) is 20.1 Å². The summed E-state index contributed by atoms with van der Waals surface area (Å²) in [6, 6.07) is 8.18. The van der Waals surface area contributed by atoms with Crippen LogP contribution in [0.3, 0.4) is 0 Å². The van der Waals surface area contributed by atoms with Gasteiger partial charge in [-0.3, -0.25) is 4.79 Å². The van der Waals surface area contributed by atoms with Gasteiger partial charge in [0.2, 0.25) is 0 Å². The molecule has 0 bridgehead atoms. The van der Waals surface area contributed by atoms with Gasteiger partial charge < -0.3 is 5.32 Å². The zero-order chi connectivity index (χ0) is 18.0. The Morgan fingerprint density at radius 2 is 2.00 bits per heavy atom. The first kappa shape index (κ1) is 17.1. The Morgan fingerprint density at radius 1 is 1.20 bits per heavy atom. The number of aryl methyl sites for hydroxylation is 3. The van der Waals surface area contributed by atoms with E-state index in [0.29, 0.717) is 5.56 Å². The van der Waals surface area contributed by atoms with Gasteiger partial charge in [-0.25, -0.2) is 9.67 Å². The quantitative estimate of drug-likeness (QED) is 0.767. The Morgan fingerprint density at radius 3 is 2.68 bits per heavy atom. The van der Waals surface area contributed by atoms with E-state index >= 15 is 0 Å². The average molecular weight is 336 g/mol. The highest BCUT2D eigenvalue weighted by molar-refractivity contribution is 5.97. The number of carbonyl (C=O) groups is 1.